The van der Waals surface area contributed by atoms with Crippen LogP contribution in [-0.2, 0) is 17.1 Å². The Morgan fingerprint density at radius 2 is 1.66 bits per heavy atom. The first kappa shape index (κ1) is 27.5. The van der Waals surface area contributed by atoms with Crippen LogP contribution in [0.1, 0.15) is 26.7 Å². The van der Waals surface area contributed by atoms with Crippen LogP contribution in [0.15, 0.2) is 45.6 Å². The van der Waals surface area contributed by atoms with E-state index in [1.165, 1.54) is 22.8 Å². The molecular weight excluding hydrogens is 529 g/mol. The van der Waals surface area contributed by atoms with E-state index < -0.39 is 10.0 Å². The van der Waals surface area contributed by atoms with Gasteiger partial charge in [0.1, 0.15) is 22.1 Å². The zero-order chi connectivity index (χ0) is 25.8. The summed E-state index contributed by atoms with van der Waals surface area (Å²) in [5.74, 6) is 1.02. The summed E-state index contributed by atoms with van der Waals surface area (Å²) >= 11 is 14.1. The van der Waals surface area contributed by atoms with Crippen LogP contribution in [0.25, 0.3) is 11.3 Å². The molecule has 0 spiro atoms. The highest BCUT2D eigenvalue weighted by molar-refractivity contribution is 7.89. The van der Waals surface area contributed by atoms with E-state index in [0.717, 1.165) is 24.1 Å². The second-order valence-corrected chi connectivity index (χ2v) is 11.3. The van der Waals surface area contributed by atoms with Gasteiger partial charge in [-0.15, -0.1) is 11.3 Å². The first-order valence-corrected chi connectivity index (χ1v) is 14.2. The third-order valence-corrected chi connectivity index (χ3v) is 8.98. The number of sulfonamides is 1. The predicted octanol–water partition coefficient (Wildman–Crippen LogP) is 6.12. The second kappa shape index (κ2) is 11.8. The normalized spacial score (nSPS) is 12.4. The molecule has 0 saturated carbocycles. The smallest absolute Gasteiger partial charge is 0.244 e. The Balaban J connectivity index is 2.09. The highest BCUT2D eigenvalue weighted by Crippen LogP contribution is 2.37. The molecule has 0 radical (unpaired) electrons. The van der Waals surface area contributed by atoms with Crippen molar-refractivity contribution in [3.63, 3.8) is 0 Å². The van der Waals surface area contributed by atoms with E-state index in [0.29, 0.717) is 40.1 Å². The number of benzene rings is 2. The van der Waals surface area contributed by atoms with Crippen LogP contribution in [0.3, 0.4) is 0 Å². The summed E-state index contributed by atoms with van der Waals surface area (Å²) in [5, 5.41) is 2.54. The van der Waals surface area contributed by atoms with Crippen LogP contribution >= 0.6 is 34.5 Å². The molecule has 1 aromatic heterocycles. The van der Waals surface area contributed by atoms with Gasteiger partial charge in [-0.05, 0) is 31.0 Å². The highest BCUT2D eigenvalue weighted by atomic mass is 35.5. The van der Waals surface area contributed by atoms with E-state index in [9.17, 15) is 8.42 Å². The molecule has 0 atom stereocenters. The van der Waals surface area contributed by atoms with Crippen LogP contribution in [0, 0.1) is 0 Å². The van der Waals surface area contributed by atoms with Gasteiger partial charge in [0, 0.05) is 37.1 Å². The van der Waals surface area contributed by atoms with Gasteiger partial charge < -0.3 is 14.0 Å². The Labute approximate surface area is 220 Å². The molecule has 0 aliphatic rings. The highest BCUT2D eigenvalue weighted by Gasteiger charge is 2.26. The van der Waals surface area contributed by atoms with Crippen LogP contribution < -0.4 is 14.3 Å². The molecule has 0 aliphatic carbocycles. The Bertz CT molecular complexity index is 1360. The van der Waals surface area contributed by atoms with Gasteiger partial charge in [-0.3, -0.25) is 0 Å². The van der Waals surface area contributed by atoms with Gasteiger partial charge in [0.15, 0.2) is 4.80 Å². The third kappa shape index (κ3) is 5.86. The number of aromatic nitrogens is 1. The number of hydrogen-bond donors (Lipinski definition) is 0. The number of halogens is 2. The fourth-order valence-corrected chi connectivity index (χ4v) is 6.90. The average molecular weight is 559 g/mol. The molecule has 0 amide bonds. The van der Waals surface area contributed by atoms with Crippen molar-refractivity contribution >= 4 is 50.2 Å². The van der Waals surface area contributed by atoms with Gasteiger partial charge in [0.2, 0.25) is 10.0 Å². The Hall–Kier alpha value is -2.04. The summed E-state index contributed by atoms with van der Waals surface area (Å²) in [5.41, 5.74) is 2.08. The first-order valence-electron chi connectivity index (χ1n) is 11.1. The summed E-state index contributed by atoms with van der Waals surface area (Å²) in [6.45, 7) is 4.80. The molecule has 11 heteroatoms. The van der Waals surface area contributed by atoms with Crippen molar-refractivity contribution in [1.82, 2.24) is 8.87 Å². The lowest BCUT2D eigenvalue weighted by Gasteiger charge is -2.22. The quantitative estimate of drug-likeness (QED) is 0.301. The number of thiazole rings is 1. The molecule has 2 aromatic carbocycles. The minimum Gasteiger partial charge on any atom is -0.495 e. The Morgan fingerprint density at radius 1 is 1.00 bits per heavy atom. The maximum Gasteiger partial charge on any atom is 0.244 e. The van der Waals surface area contributed by atoms with E-state index in [-0.39, 0.29) is 9.92 Å². The molecule has 0 fully saturated rings. The van der Waals surface area contributed by atoms with E-state index in [4.69, 9.17) is 37.7 Å². The summed E-state index contributed by atoms with van der Waals surface area (Å²) in [4.78, 5) is 5.51. The van der Waals surface area contributed by atoms with E-state index in [1.54, 1.807) is 31.4 Å². The average Bonchev–Trinajstić information content (AvgIpc) is 3.19. The van der Waals surface area contributed by atoms with Crippen molar-refractivity contribution < 1.29 is 17.9 Å². The van der Waals surface area contributed by atoms with Crippen LogP contribution in [0.2, 0.25) is 10.0 Å². The van der Waals surface area contributed by atoms with Crippen LogP contribution in [0.4, 0.5) is 5.69 Å². The molecule has 0 unspecified atom stereocenters. The number of hydrogen-bond acceptors (Lipinski definition) is 6. The lowest BCUT2D eigenvalue weighted by Crippen LogP contribution is -2.32. The standard InChI is InChI=1S/C24H29Cl2N3O4S2/c1-6-10-29(11-7-2)35(30,31)23-12-16(8-9-17(23)25)20-15-34-24(28(20)3)27-19-13-18(26)21(32-4)14-22(19)33-5/h8-9,12-15H,6-7,10-11H2,1-5H3. The zero-order valence-electron chi connectivity index (χ0n) is 20.3. The molecule has 0 aliphatic heterocycles. The summed E-state index contributed by atoms with van der Waals surface area (Å²) < 4.78 is 40.9. The molecular formula is C24H29Cl2N3O4S2. The molecule has 190 valence electrons. The van der Waals surface area contributed by atoms with Crippen LogP contribution in [-0.4, -0.2) is 44.6 Å². The number of rotatable bonds is 10. The monoisotopic (exact) mass is 557 g/mol. The maximum absolute atomic E-state index is 13.4. The lowest BCUT2D eigenvalue weighted by molar-refractivity contribution is 0.395. The summed E-state index contributed by atoms with van der Waals surface area (Å²) in [7, 11) is 1.22. The van der Waals surface area contributed by atoms with Crippen LogP contribution in [0.5, 0.6) is 11.5 Å². The maximum atomic E-state index is 13.4. The molecule has 7 nitrogen and oxygen atoms in total. The Kier molecular flexibility index (Phi) is 9.28. The van der Waals surface area contributed by atoms with E-state index in [1.807, 2.05) is 36.9 Å². The molecule has 3 rings (SSSR count). The second-order valence-electron chi connectivity index (χ2n) is 7.78. The topological polar surface area (TPSA) is 73.1 Å². The van der Waals surface area contributed by atoms with E-state index in [2.05, 4.69) is 0 Å². The molecule has 1 heterocycles. The van der Waals surface area contributed by atoms with Crippen molar-refractivity contribution in [2.75, 3.05) is 27.3 Å². The van der Waals surface area contributed by atoms with Crippen molar-refractivity contribution in [1.29, 1.82) is 0 Å². The first-order chi connectivity index (χ1) is 16.7. The van der Waals surface area contributed by atoms with Gasteiger partial charge in [0.05, 0.1) is 30.0 Å². The minimum absolute atomic E-state index is 0.104. The molecule has 0 N–H and O–H groups in total. The SMILES string of the molecule is CCCN(CCC)S(=O)(=O)c1cc(-c2csc(=Nc3cc(Cl)c(OC)cc3OC)n2C)ccc1Cl. The van der Waals surface area contributed by atoms with Crippen molar-refractivity contribution in [2.45, 2.75) is 31.6 Å². The zero-order valence-corrected chi connectivity index (χ0v) is 23.5. The number of methoxy groups -OCH3 is 2. The van der Waals surface area contributed by atoms with Crippen molar-refractivity contribution in [3.05, 3.63) is 50.6 Å². The number of nitrogens with zero attached hydrogens (tertiary/aromatic N) is 3. The third-order valence-electron chi connectivity index (χ3n) is 5.38. The Morgan fingerprint density at radius 3 is 2.26 bits per heavy atom. The van der Waals surface area contributed by atoms with Gasteiger partial charge in [-0.2, -0.15) is 4.31 Å². The minimum atomic E-state index is -3.73. The van der Waals surface area contributed by atoms with E-state index >= 15 is 0 Å². The number of ether oxygens (including phenoxy) is 2. The van der Waals surface area contributed by atoms with Crippen molar-refractivity contribution in [3.8, 4) is 22.8 Å². The summed E-state index contributed by atoms with van der Waals surface area (Å²) in [6, 6.07) is 8.43. The fourth-order valence-electron chi connectivity index (χ4n) is 3.62. The lowest BCUT2D eigenvalue weighted by atomic mass is 10.2. The van der Waals surface area contributed by atoms with Crippen molar-refractivity contribution in [2.24, 2.45) is 12.0 Å². The van der Waals surface area contributed by atoms with Gasteiger partial charge >= 0.3 is 0 Å². The predicted molar refractivity (Wildman–Crippen MR) is 143 cm³/mol. The molecule has 35 heavy (non-hydrogen) atoms. The molecule has 0 bridgehead atoms. The summed E-state index contributed by atoms with van der Waals surface area (Å²) in [6.07, 6.45) is 1.44. The molecule has 3 aromatic rings. The largest absolute Gasteiger partial charge is 0.495 e. The van der Waals surface area contributed by atoms with Gasteiger partial charge in [-0.1, -0.05) is 43.1 Å². The molecule has 0 saturated heterocycles. The van der Waals surface area contributed by atoms with Gasteiger partial charge in [0.25, 0.3) is 0 Å². The van der Waals surface area contributed by atoms with Gasteiger partial charge in [-0.25, -0.2) is 13.4 Å². The fraction of sp³-hybridized carbons (Fsp3) is 0.375.